The lowest BCUT2D eigenvalue weighted by Gasteiger charge is -2.14. The van der Waals surface area contributed by atoms with Gasteiger partial charge in [-0.05, 0) is 19.8 Å². The minimum atomic E-state index is -0.962. The van der Waals surface area contributed by atoms with Crippen LogP contribution >= 0.6 is 0 Å². The molecule has 6 nitrogen and oxygen atoms in total. The van der Waals surface area contributed by atoms with Gasteiger partial charge in [0.2, 0.25) is 0 Å². The summed E-state index contributed by atoms with van der Waals surface area (Å²) in [6.07, 6.45) is 4.38. The second-order valence-electron chi connectivity index (χ2n) is 4.06. The maximum atomic E-state index is 11.5. The Morgan fingerprint density at radius 2 is 1.94 bits per heavy atom. The van der Waals surface area contributed by atoms with Gasteiger partial charge in [0.15, 0.2) is 0 Å². The smallest absolute Gasteiger partial charge is 0.319 e. The average Bonchev–Trinajstić information content (AvgIpc) is 2.70. The molecule has 1 saturated carbocycles. The Bertz CT molecular complexity index is 389. The number of imide groups is 1. The van der Waals surface area contributed by atoms with Gasteiger partial charge in [0.1, 0.15) is 11.6 Å². The second-order valence-corrected chi connectivity index (χ2v) is 4.06. The van der Waals surface area contributed by atoms with Crippen LogP contribution in [0.5, 0.6) is 0 Å². The van der Waals surface area contributed by atoms with E-state index in [-0.39, 0.29) is 5.57 Å². The standard InChI is InChI=1S/C11H16N4O2/c1-7(14-8-4-2-3-5-8)9(6-12)10(16)15-11(13)17/h8,14H,2-5H2,1H3,(H3,13,15,16,17). The molecule has 1 aliphatic rings. The number of nitrogens with two attached hydrogens (primary N) is 1. The van der Waals surface area contributed by atoms with E-state index in [2.05, 4.69) is 5.32 Å². The van der Waals surface area contributed by atoms with Gasteiger partial charge >= 0.3 is 6.03 Å². The number of rotatable bonds is 3. The average molecular weight is 236 g/mol. The van der Waals surface area contributed by atoms with Crippen LogP contribution in [0, 0.1) is 11.3 Å². The van der Waals surface area contributed by atoms with Crippen molar-refractivity contribution in [2.45, 2.75) is 38.6 Å². The van der Waals surface area contributed by atoms with Crippen molar-refractivity contribution < 1.29 is 9.59 Å². The summed E-state index contributed by atoms with van der Waals surface area (Å²) in [7, 11) is 0. The van der Waals surface area contributed by atoms with Crippen LogP contribution in [0.15, 0.2) is 11.3 Å². The van der Waals surface area contributed by atoms with Gasteiger partial charge in [0.05, 0.1) is 0 Å². The van der Waals surface area contributed by atoms with Crippen LogP contribution in [0.4, 0.5) is 4.79 Å². The third-order valence-electron chi connectivity index (χ3n) is 2.73. The lowest BCUT2D eigenvalue weighted by atomic mass is 10.2. The summed E-state index contributed by atoms with van der Waals surface area (Å²) in [4.78, 5) is 22.0. The molecule has 0 unspecified atom stereocenters. The monoisotopic (exact) mass is 236 g/mol. The number of carbonyl (C=O) groups is 2. The summed E-state index contributed by atoms with van der Waals surface area (Å²) >= 11 is 0. The fraction of sp³-hybridized carbons (Fsp3) is 0.545. The highest BCUT2D eigenvalue weighted by Gasteiger charge is 2.19. The summed E-state index contributed by atoms with van der Waals surface area (Å²) in [6.45, 7) is 1.65. The predicted octanol–water partition coefficient (Wildman–Crippen LogP) is 0.511. The minimum absolute atomic E-state index is 0.101. The molecule has 0 bridgehead atoms. The highest BCUT2D eigenvalue weighted by Crippen LogP contribution is 2.19. The van der Waals surface area contributed by atoms with E-state index in [0.29, 0.717) is 11.7 Å². The number of allylic oxidation sites excluding steroid dienone is 1. The highest BCUT2D eigenvalue weighted by atomic mass is 16.2. The first kappa shape index (κ1) is 13.0. The summed E-state index contributed by atoms with van der Waals surface area (Å²) in [5.74, 6) is -0.761. The molecule has 92 valence electrons. The molecule has 0 heterocycles. The number of amides is 3. The van der Waals surface area contributed by atoms with Crippen molar-refractivity contribution in [1.82, 2.24) is 10.6 Å². The van der Waals surface area contributed by atoms with Gasteiger partial charge < -0.3 is 11.1 Å². The van der Waals surface area contributed by atoms with Crippen molar-refractivity contribution in [1.29, 1.82) is 5.26 Å². The molecule has 1 aliphatic carbocycles. The van der Waals surface area contributed by atoms with Crippen molar-refractivity contribution in [2.75, 3.05) is 0 Å². The van der Waals surface area contributed by atoms with Crippen molar-refractivity contribution in [3.8, 4) is 6.07 Å². The Morgan fingerprint density at radius 1 is 1.35 bits per heavy atom. The molecule has 1 fully saturated rings. The number of nitrogens with one attached hydrogen (secondary N) is 2. The van der Waals surface area contributed by atoms with Crippen molar-refractivity contribution in [3.63, 3.8) is 0 Å². The highest BCUT2D eigenvalue weighted by molar-refractivity contribution is 6.06. The molecule has 0 aliphatic heterocycles. The predicted molar refractivity (Wildman–Crippen MR) is 61.4 cm³/mol. The molecule has 0 atom stereocenters. The zero-order chi connectivity index (χ0) is 12.8. The van der Waals surface area contributed by atoms with E-state index in [4.69, 9.17) is 11.0 Å². The van der Waals surface area contributed by atoms with Crippen LogP contribution in [-0.4, -0.2) is 18.0 Å². The zero-order valence-corrected chi connectivity index (χ0v) is 9.75. The molecule has 0 saturated heterocycles. The fourth-order valence-corrected chi connectivity index (χ4v) is 1.93. The first-order valence-electron chi connectivity index (χ1n) is 5.53. The third-order valence-corrected chi connectivity index (χ3v) is 2.73. The number of hydrogen-bond acceptors (Lipinski definition) is 4. The molecule has 0 aromatic carbocycles. The van der Waals surface area contributed by atoms with Gasteiger partial charge in [-0.15, -0.1) is 0 Å². The lowest BCUT2D eigenvalue weighted by molar-refractivity contribution is -0.116. The molecule has 0 aromatic heterocycles. The Hall–Kier alpha value is -2.03. The largest absolute Gasteiger partial charge is 0.385 e. The van der Waals surface area contributed by atoms with Gasteiger partial charge in [-0.25, -0.2) is 4.79 Å². The Kier molecular flexibility index (Phi) is 4.52. The van der Waals surface area contributed by atoms with E-state index >= 15 is 0 Å². The number of nitrogens with zero attached hydrogens (tertiary/aromatic N) is 1. The van der Waals surface area contributed by atoms with Crippen LogP contribution in [0.2, 0.25) is 0 Å². The molecule has 0 aromatic rings. The molecular formula is C11H16N4O2. The van der Waals surface area contributed by atoms with Crippen molar-refractivity contribution >= 4 is 11.9 Å². The van der Waals surface area contributed by atoms with E-state index < -0.39 is 11.9 Å². The molecule has 0 spiro atoms. The summed E-state index contributed by atoms with van der Waals surface area (Å²) in [5.41, 5.74) is 5.21. The molecule has 0 radical (unpaired) electrons. The summed E-state index contributed by atoms with van der Waals surface area (Å²) < 4.78 is 0. The Balaban J connectivity index is 2.71. The number of primary amides is 1. The van der Waals surface area contributed by atoms with E-state index in [1.165, 1.54) is 0 Å². The molecule has 4 N–H and O–H groups in total. The van der Waals surface area contributed by atoms with Gasteiger partial charge in [0, 0.05) is 11.7 Å². The first-order valence-corrected chi connectivity index (χ1v) is 5.53. The Morgan fingerprint density at radius 3 is 2.41 bits per heavy atom. The number of carbonyl (C=O) groups excluding carboxylic acids is 2. The van der Waals surface area contributed by atoms with Crippen LogP contribution in [-0.2, 0) is 4.79 Å². The second kappa shape index (κ2) is 5.89. The maximum absolute atomic E-state index is 11.5. The van der Waals surface area contributed by atoms with Crippen LogP contribution in [0.3, 0.4) is 0 Å². The quantitative estimate of drug-likeness (QED) is 0.490. The van der Waals surface area contributed by atoms with Crippen molar-refractivity contribution in [3.05, 3.63) is 11.3 Å². The molecular weight excluding hydrogens is 220 g/mol. The molecule has 3 amide bonds. The van der Waals surface area contributed by atoms with E-state index in [0.717, 1.165) is 25.7 Å². The minimum Gasteiger partial charge on any atom is -0.385 e. The van der Waals surface area contributed by atoms with Gasteiger partial charge in [-0.1, -0.05) is 12.8 Å². The molecule has 6 heteroatoms. The normalized spacial score (nSPS) is 16.9. The summed E-state index contributed by atoms with van der Waals surface area (Å²) in [5, 5.41) is 13.9. The topological polar surface area (TPSA) is 108 Å². The number of urea groups is 1. The summed E-state index contributed by atoms with van der Waals surface area (Å²) in [6, 6.07) is 1.12. The number of nitriles is 1. The Labute approximate surface area is 99.8 Å². The van der Waals surface area contributed by atoms with Gasteiger partial charge in [-0.3, -0.25) is 10.1 Å². The lowest BCUT2D eigenvalue weighted by Crippen LogP contribution is -2.37. The van der Waals surface area contributed by atoms with E-state index in [1.807, 2.05) is 5.32 Å². The maximum Gasteiger partial charge on any atom is 0.319 e. The SMILES string of the molecule is CC(NC1CCCC1)=C(C#N)C(=O)NC(N)=O. The third kappa shape index (κ3) is 3.79. The van der Waals surface area contributed by atoms with Crippen LogP contribution in [0.25, 0.3) is 0 Å². The fourth-order valence-electron chi connectivity index (χ4n) is 1.93. The van der Waals surface area contributed by atoms with Crippen LogP contribution in [0.1, 0.15) is 32.6 Å². The first-order chi connectivity index (χ1) is 8.04. The van der Waals surface area contributed by atoms with Crippen molar-refractivity contribution in [2.24, 2.45) is 5.73 Å². The van der Waals surface area contributed by atoms with Gasteiger partial charge in [0.25, 0.3) is 5.91 Å². The molecule has 17 heavy (non-hydrogen) atoms. The van der Waals surface area contributed by atoms with E-state index in [1.54, 1.807) is 13.0 Å². The van der Waals surface area contributed by atoms with Crippen LogP contribution < -0.4 is 16.4 Å². The zero-order valence-electron chi connectivity index (χ0n) is 9.75. The molecule has 1 rings (SSSR count). The number of hydrogen-bond donors (Lipinski definition) is 3. The van der Waals surface area contributed by atoms with Gasteiger partial charge in [-0.2, -0.15) is 5.26 Å². The van der Waals surface area contributed by atoms with E-state index in [9.17, 15) is 9.59 Å².